The third kappa shape index (κ3) is 2.59. The van der Waals surface area contributed by atoms with Gasteiger partial charge < -0.3 is 15.6 Å². The van der Waals surface area contributed by atoms with Crippen LogP contribution in [0.25, 0.3) is 22.3 Å². The summed E-state index contributed by atoms with van der Waals surface area (Å²) in [7, 11) is 1.51. The van der Waals surface area contributed by atoms with Crippen molar-refractivity contribution in [3.8, 4) is 33.8 Å². The van der Waals surface area contributed by atoms with Gasteiger partial charge in [0, 0.05) is 17.3 Å². The number of pyridine rings is 1. The summed E-state index contributed by atoms with van der Waals surface area (Å²) < 4.78 is 5.15. The Morgan fingerprint density at radius 3 is 2.45 bits per heavy atom. The normalized spacial score (nSPS) is 10.4. The van der Waals surface area contributed by atoms with Gasteiger partial charge in [-0.3, -0.25) is 0 Å². The molecule has 3 aromatic rings. The molecule has 22 heavy (non-hydrogen) atoms. The average molecular weight is 292 g/mol. The van der Waals surface area contributed by atoms with E-state index in [2.05, 4.69) is 4.98 Å². The molecule has 0 aliphatic carbocycles. The number of anilines is 1. The fraction of sp³-hybridized carbons (Fsp3) is 0.0556. The van der Waals surface area contributed by atoms with Gasteiger partial charge in [-0.25, -0.2) is 4.98 Å². The molecule has 0 saturated heterocycles. The van der Waals surface area contributed by atoms with E-state index in [9.17, 15) is 5.11 Å². The average Bonchev–Trinajstić information content (AvgIpc) is 2.57. The fourth-order valence-electron chi connectivity index (χ4n) is 2.34. The van der Waals surface area contributed by atoms with Crippen molar-refractivity contribution in [2.24, 2.45) is 0 Å². The molecule has 0 spiro atoms. The van der Waals surface area contributed by atoms with Gasteiger partial charge in [0.1, 0.15) is 5.82 Å². The van der Waals surface area contributed by atoms with Crippen molar-refractivity contribution < 1.29 is 9.84 Å². The minimum Gasteiger partial charge on any atom is -0.504 e. The summed E-state index contributed by atoms with van der Waals surface area (Å²) in [5.74, 6) is 0.937. The van der Waals surface area contributed by atoms with Crippen LogP contribution in [0.1, 0.15) is 0 Å². The molecule has 0 aliphatic rings. The minimum absolute atomic E-state index is 0.0944. The zero-order valence-corrected chi connectivity index (χ0v) is 12.2. The predicted molar refractivity (Wildman–Crippen MR) is 87.7 cm³/mol. The van der Waals surface area contributed by atoms with Gasteiger partial charge >= 0.3 is 0 Å². The summed E-state index contributed by atoms with van der Waals surface area (Å²) in [6, 6.07) is 17.1. The fourth-order valence-corrected chi connectivity index (χ4v) is 2.34. The van der Waals surface area contributed by atoms with Gasteiger partial charge in [-0.2, -0.15) is 0 Å². The second kappa shape index (κ2) is 5.77. The van der Waals surface area contributed by atoms with Crippen molar-refractivity contribution in [3.05, 3.63) is 60.8 Å². The molecule has 3 rings (SSSR count). The number of ether oxygens (including phenoxy) is 1. The third-order valence-electron chi connectivity index (χ3n) is 3.52. The summed E-state index contributed by atoms with van der Waals surface area (Å²) >= 11 is 0. The van der Waals surface area contributed by atoms with Crippen LogP contribution >= 0.6 is 0 Å². The van der Waals surface area contributed by atoms with Gasteiger partial charge in [0.25, 0.3) is 0 Å². The Kier molecular flexibility index (Phi) is 3.66. The van der Waals surface area contributed by atoms with Gasteiger partial charge in [-0.15, -0.1) is 0 Å². The lowest BCUT2D eigenvalue weighted by atomic mass is 10.0. The Bertz CT molecular complexity index is 801. The van der Waals surface area contributed by atoms with Crippen LogP contribution in [0.3, 0.4) is 0 Å². The van der Waals surface area contributed by atoms with Gasteiger partial charge in [0.05, 0.1) is 7.11 Å². The second-order valence-electron chi connectivity index (χ2n) is 4.91. The topological polar surface area (TPSA) is 68.4 Å². The predicted octanol–water partition coefficient (Wildman–Crippen LogP) is 3.71. The van der Waals surface area contributed by atoms with E-state index in [1.54, 1.807) is 24.4 Å². The molecule has 4 heteroatoms. The van der Waals surface area contributed by atoms with Crippen molar-refractivity contribution in [3.63, 3.8) is 0 Å². The molecule has 2 aromatic carbocycles. The van der Waals surface area contributed by atoms with E-state index in [-0.39, 0.29) is 5.75 Å². The molecular weight excluding hydrogens is 276 g/mol. The lowest BCUT2D eigenvalue weighted by Crippen LogP contribution is -1.95. The molecule has 0 fully saturated rings. The number of hydrogen-bond donors (Lipinski definition) is 2. The molecule has 0 unspecified atom stereocenters. The van der Waals surface area contributed by atoms with Crippen molar-refractivity contribution in [2.45, 2.75) is 0 Å². The number of nitrogen functional groups attached to an aromatic ring is 1. The van der Waals surface area contributed by atoms with Crippen molar-refractivity contribution in [1.82, 2.24) is 4.98 Å². The summed E-state index contributed by atoms with van der Waals surface area (Å²) in [5, 5.41) is 9.71. The molecule has 3 N–H and O–H groups in total. The zero-order valence-electron chi connectivity index (χ0n) is 12.2. The van der Waals surface area contributed by atoms with Gasteiger partial charge in [-0.1, -0.05) is 36.4 Å². The molecular formula is C18H16N2O2. The number of aromatic nitrogens is 1. The largest absolute Gasteiger partial charge is 0.504 e. The standard InChI is InChI=1S/C18H16N2O2/c1-22-17-10-13(7-8-16(17)21)15-9-14(11-20-18(15)19)12-5-3-2-4-6-12/h2-11,21H,1H3,(H2,19,20). The maximum Gasteiger partial charge on any atom is 0.161 e. The van der Waals surface area contributed by atoms with Gasteiger partial charge in [0.15, 0.2) is 11.5 Å². The Hall–Kier alpha value is -3.01. The maximum absolute atomic E-state index is 9.71. The molecule has 110 valence electrons. The van der Waals surface area contributed by atoms with E-state index in [4.69, 9.17) is 10.5 Å². The van der Waals surface area contributed by atoms with Crippen LogP contribution in [0.5, 0.6) is 11.5 Å². The van der Waals surface area contributed by atoms with E-state index in [0.717, 1.165) is 22.3 Å². The molecule has 0 bridgehead atoms. The Balaban J connectivity index is 2.11. The molecule has 1 heterocycles. The number of phenols is 1. The number of hydrogen-bond acceptors (Lipinski definition) is 4. The highest BCUT2D eigenvalue weighted by Crippen LogP contribution is 2.35. The molecule has 0 radical (unpaired) electrons. The van der Waals surface area contributed by atoms with Crippen molar-refractivity contribution in [1.29, 1.82) is 0 Å². The minimum atomic E-state index is 0.0944. The summed E-state index contributed by atoms with van der Waals surface area (Å²) in [6.07, 6.45) is 1.76. The van der Waals surface area contributed by atoms with Crippen molar-refractivity contribution >= 4 is 5.82 Å². The summed E-state index contributed by atoms with van der Waals surface area (Å²) in [6.45, 7) is 0. The van der Waals surface area contributed by atoms with Crippen LogP contribution in [0.4, 0.5) is 5.82 Å². The Morgan fingerprint density at radius 2 is 1.73 bits per heavy atom. The van der Waals surface area contributed by atoms with E-state index in [1.165, 1.54) is 7.11 Å². The number of nitrogens with zero attached hydrogens (tertiary/aromatic N) is 1. The zero-order chi connectivity index (χ0) is 15.5. The Morgan fingerprint density at radius 1 is 0.955 bits per heavy atom. The smallest absolute Gasteiger partial charge is 0.161 e. The molecule has 0 saturated carbocycles. The monoisotopic (exact) mass is 292 g/mol. The van der Waals surface area contributed by atoms with Crippen LogP contribution in [0.2, 0.25) is 0 Å². The highest BCUT2D eigenvalue weighted by Gasteiger charge is 2.10. The third-order valence-corrected chi connectivity index (χ3v) is 3.52. The first-order chi connectivity index (χ1) is 10.7. The quantitative estimate of drug-likeness (QED) is 0.772. The van der Waals surface area contributed by atoms with Crippen molar-refractivity contribution in [2.75, 3.05) is 12.8 Å². The Labute approximate surface area is 128 Å². The van der Waals surface area contributed by atoms with Gasteiger partial charge in [0.2, 0.25) is 0 Å². The molecule has 4 nitrogen and oxygen atoms in total. The van der Waals surface area contributed by atoms with E-state index in [0.29, 0.717) is 11.6 Å². The number of methoxy groups -OCH3 is 1. The molecule has 1 aromatic heterocycles. The second-order valence-corrected chi connectivity index (χ2v) is 4.91. The van der Waals surface area contributed by atoms with Crippen LogP contribution in [-0.4, -0.2) is 17.2 Å². The van der Waals surface area contributed by atoms with E-state index in [1.807, 2.05) is 36.4 Å². The number of nitrogens with two attached hydrogens (primary N) is 1. The van der Waals surface area contributed by atoms with Crippen LogP contribution in [-0.2, 0) is 0 Å². The first-order valence-electron chi connectivity index (χ1n) is 6.87. The number of phenolic OH excluding ortho intramolecular Hbond substituents is 1. The van der Waals surface area contributed by atoms with Crippen LogP contribution < -0.4 is 10.5 Å². The highest BCUT2D eigenvalue weighted by molar-refractivity contribution is 5.80. The SMILES string of the molecule is COc1cc(-c2cc(-c3ccccc3)cnc2N)ccc1O. The number of aromatic hydroxyl groups is 1. The van der Waals surface area contributed by atoms with E-state index >= 15 is 0 Å². The van der Waals surface area contributed by atoms with Gasteiger partial charge in [-0.05, 0) is 29.3 Å². The number of rotatable bonds is 3. The lowest BCUT2D eigenvalue weighted by molar-refractivity contribution is 0.373. The molecule has 0 amide bonds. The highest BCUT2D eigenvalue weighted by atomic mass is 16.5. The molecule has 0 atom stereocenters. The summed E-state index contributed by atoms with van der Waals surface area (Å²) in [5.41, 5.74) is 9.72. The molecule has 0 aliphatic heterocycles. The first kappa shape index (κ1) is 13.9. The first-order valence-corrected chi connectivity index (χ1v) is 6.87. The lowest BCUT2D eigenvalue weighted by Gasteiger charge is -2.10. The summed E-state index contributed by atoms with van der Waals surface area (Å²) in [4.78, 5) is 4.28. The maximum atomic E-state index is 9.71. The van der Waals surface area contributed by atoms with E-state index < -0.39 is 0 Å². The van der Waals surface area contributed by atoms with Crippen LogP contribution in [0, 0.1) is 0 Å². The number of benzene rings is 2. The van der Waals surface area contributed by atoms with Crippen LogP contribution in [0.15, 0.2) is 60.8 Å².